The van der Waals surface area contributed by atoms with Gasteiger partial charge in [0.05, 0.1) is 5.69 Å². The van der Waals surface area contributed by atoms with Gasteiger partial charge in [0, 0.05) is 12.5 Å². The lowest BCUT2D eigenvalue weighted by Gasteiger charge is -2.17. The van der Waals surface area contributed by atoms with Crippen molar-refractivity contribution in [2.24, 2.45) is 5.92 Å². The highest BCUT2D eigenvalue weighted by molar-refractivity contribution is 6.08. The van der Waals surface area contributed by atoms with Crippen molar-refractivity contribution in [1.29, 1.82) is 0 Å². The number of carbonyl (C=O) groups is 2. The Labute approximate surface area is 147 Å². The van der Waals surface area contributed by atoms with E-state index in [0.717, 1.165) is 6.07 Å². The minimum Gasteiger partial charge on any atom is -0.454 e. The summed E-state index contributed by atoms with van der Waals surface area (Å²) in [5.41, 5.74) is 0.409. The Morgan fingerprint density at radius 2 is 1.96 bits per heavy atom. The second-order valence-corrected chi connectivity index (χ2v) is 6.03. The number of amides is 2. The third kappa shape index (κ3) is 2.73. The number of carbonyl (C=O) groups excluding carboxylic acids is 2. The summed E-state index contributed by atoms with van der Waals surface area (Å²) >= 11 is 0. The fourth-order valence-electron chi connectivity index (χ4n) is 3.19. The van der Waals surface area contributed by atoms with Crippen molar-refractivity contribution in [2.75, 3.05) is 18.7 Å². The molecule has 0 aromatic heterocycles. The van der Waals surface area contributed by atoms with E-state index in [1.165, 1.54) is 12.1 Å². The van der Waals surface area contributed by atoms with E-state index in [1.807, 2.05) is 0 Å². The summed E-state index contributed by atoms with van der Waals surface area (Å²) in [6, 6.07) is 8.64. The Kier molecular flexibility index (Phi) is 3.95. The van der Waals surface area contributed by atoms with Gasteiger partial charge in [-0.2, -0.15) is 0 Å². The average Bonchev–Trinajstić information content (AvgIpc) is 3.24. The van der Waals surface area contributed by atoms with Gasteiger partial charge in [0.1, 0.15) is 5.92 Å². The number of benzene rings is 2. The third-order valence-corrected chi connectivity index (χ3v) is 4.50. The first kappa shape index (κ1) is 16.3. The van der Waals surface area contributed by atoms with Gasteiger partial charge in [-0.25, -0.2) is 8.78 Å². The molecule has 2 amide bonds. The van der Waals surface area contributed by atoms with E-state index >= 15 is 0 Å². The topological polar surface area (TPSA) is 76.7 Å². The Hall–Kier alpha value is -3.16. The third-order valence-electron chi connectivity index (χ3n) is 4.50. The molecule has 0 radical (unpaired) electrons. The molecule has 0 bridgehead atoms. The van der Waals surface area contributed by atoms with Crippen LogP contribution in [-0.2, 0) is 9.59 Å². The highest BCUT2D eigenvalue weighted by Crippen LogP contribution is 2.38. The van der Waals surface area contributed by atoms with E-state index < -0.39 is 35.3 Å². The van der Waals surface area contributed by atoms with Crippen LogP contribution in [0.25, 0.3) is 0 Å². The Balaban J connectivity index is 1.60. The van der Waals surface area contributed by atoms with Crippen molar-refractivity contribution in [2.45, 2.75) is 5.92 Å². The number of ether oxygens (including phenoxy) is 2. The van der Waals surface area contributed by atoms with Gasteiger partial charge < -0.3 is 20.1 Å². The molecule has 2 N–H and O–H groups in total. The van der Waals surface area contributed by atoms with Crippen molar-refractivity contribution in [3.05, 3.63) is 53.6 Å². The smallest absolute Gasteiger partial charge is 0.237 e. The van der Waals surface area contributed by atoms with Crippen molar-refractivity contribution in [3.8, 4) is 11.5 Å². The molecule has 6 nitrogen and oxygen atoms in total. The lowest BCUT2D eigenvalue weighted by Crippen LogP contribution is -2.32. The Morgan fingerprint density at radius 1 is 1.15 bits per heavy atom. The quantitative estimate of drug-likeness (QED) is 0.823. The van der Waals surface area contributed by atoms with Crippen molar-refractivity contribution in [1.82, 2.24) is 5.32 Å². The standard InChI is InChI=1S/C18H14F2N2O4/c19-11-2-1-3-12(16(11)20)22-18(24)15-10(7-21-17(15)23)9-4-5-13-14(6-9)26-8-25-13/h1-6,10,15H,7-8H2,(H,21,23)(H,22,24)/t10-,15-/m1/s1. The summed E-state index contributed by atoms with van der Waals surface area (Å²) in [5, 5.41) is 4.94. The average molecular weight is 360 g/mol. The van der Waals surface area contributed by atoms with Crippen LogP contribution in [0.3, 0.4) is 0 Å². The molecule has 2 aliphatic rings. The fraction of sp³-hybridized carbons (Fsp3) is 0.222. The first-order chi connectivity index (χ1) is 12.5. The summed E-state index contributed by atoms with van der Waals surface area (Å²) in [6.45, 7) is 0.367. The van der Waals surface area contributed by atoms with Gasteiger partial charge in [-0.1, -0.05) is 12.1 Å². The molecule has 4 rings (SSSR count). The van der Waals surface area contributed by atoms with Crippen LogP contribution in [0.4, 0.5) is 14.5 Å². The van der Waals surface area contributed by atoms with E-state index in [1.54, 1.807) is 18.2 Å². The molecular weight excluding hydrogens is 346 g/mol. The zero-order valence-electron chi connectivity index (χ0n) is 13.4. The van der Waals surface area contributed by atoms with Crippen LogP contribution in [0.15, 0.2) is 36.4 Å². The molecule has 2 atom stereocenters. The van der Waals surface area contributed by atoms with E-state index in [0.29, 0.717) is 17.1 Å². The van der Waals surface area contributed by atoms with Gasteiger partial charge in [0.2, 0.25) is 18.6 Å². The van der Waals surface area contributed by atoms with Crippen LogP contribution < -0.4 is 20.1 Å². The molecule has 2 aliphatic heterocycles. The highest BCUT2D eigenvalue weighted by atomic mass is 19.2. The zero-order chi connectivity index (χ0) is 18.3. The normalized spacial score (nSPS) is 20.8. The number of nitrogens with one attached hydrogen (secondary N) is 2. The van der Waals surface area contributed by atoms with E-state index in [-0.39, 0.29) is 19.0 Å². The molecule has 134 valence electrons. The molecule has 2 aromatic carbocycles. The van der Waals surface area contributed by atoms with Crippen LogP contribution in [-0.4, -0.2) is 25.2 Å². The maximum absolute atomic E-state index is 13.8. The molecule has 26 heavy (non-hydrogen) atoms. The molecule has 8 heteroatoms. The Bertz CT molecular complexity index is 903. The molecule has 1 fully saturated rings. The SMILES string of the molecule is O=C1NC[C@H](c2ccc3c(c2)OCO3)[C@H]1C(=O)Nc1cccc(F)c1F. The van der Waals surface area contributed by atoms with Crippen LogP contribution in [0, 0.1) is 17.6 Å². The number of anilines is 1. The van der Waals surface area contributed by atoms with Gasteiger partial charge in [0.25, 0.3) is 0 Å². The monoisotopic (exact) mass is 360 g/mol. The summed E-state index contributed by atoms with van der Waals surface area (Å²) < 4.78 is 37.7. The molecule has 0 aliphatic carbocycles. The lowest BCUT2D eigenvalue weighted by molar-refractivity contribution is -0.130. The predicted molar refractivity (Wildman–Crippen MR) is 86.8 cm³/mol. The molecule has 2 aromatic rings. The number of fused-ring (bicyclic) bond motifs is 1. The second-order valence-electron chi connectivity index (χ2n) is 6.03. The van der Waals surface area contributed by atoms with Crippen LogP contribution in [0.1, 0.15) is 11.5 Å². The Morgan fingerprint density at radius 3 is 2.81 bits per heavy atom. The van der Waals surface area contributed by atoms with Crippen LogP contribution in [0.5, 0.6) is 11.5 Å². The first-order valence-corrected chi connectivity index (χ1v) is 7.97. The highest BCUT2D eigenvalue weighted by Gasteiger charge is 2.41. The van der Waals surface area contributed by atoms with Gasteiger partial charge in [-0.15, -0.1) is 0 Å². The number of hydrogen-bond acceptors (Lipinski definition) is 4. The van der Waals surface area contributed by atoms with Gasteiger partial charge >= 0.3 is 0 Å². The molecule has 0 unspecified atom stereocenters. The maximum atomic E-state index is 13.8. The molecule has 0 saturated carbocycles. The first-order valence-electron chi connectivity index (χ1n) is 7.97. The minimum atomic E-state index is -1.17. The minimum absolute atomic E-state index is 0.114. The van der Waals surface area contributed by atoms with E-state index in [2.05, 4.69) is 10.6 Å². The van der Waals surface area contributed by atoms with Crippen LogP contribution >= 0.6 is 0 Å². The van der Waals surface area contributed by atoms with Gasteiger partial charge in [0.15, 0.2) is 23.1 Å². The molecule has 0 spiro atoms. The molecule has 1 saturated heterocycles. The summed E-state index contributed by atoms with van der Waals surface area (Å²) in [4.78, 5) is 24.8. The number of rotatable bonds is 3. The zero-order valence-corrected chi connectivity index (χ0v) is 13.4. The van der Waals surface area contributed by atoms with E-state index in [9.17, 15) is 18.4 Å². The molecular formula is C18H14F2N2O4. The summed E-state index contributed by atoms with van der Waals surface area (Å²) in [7, 11) is 0. The fourth-order valence-corrected chi connectivity index (χ4v) is 3.19. The number of hydrogen-bond donors (Lipinski definition) is 2. The second kappa shape index (κ2) is 6.29. The largest absolute Gasteiger partial charge is 0.454 e. The van der Waals surface area contributed by atoms with Crippen LogP contribution in [0.2, 0.25) is 0 Å². The number of halogens is 2. The lowest BCUT2D eigenvalue weighted by atomic mass is 9.87. The van der Waals surface area contributed by atoms with Gasteiger partial charge in [-0.3, -0.25) is 9.59 Å². The predicted octanol–water partition coefficient (Wildman–Crippen LogP) is 2.16. The van der Waals surface area contributed by atoms with Crippen molar-refractivity contribution < 1.29 is 27.8 Å². The maximum Gasteiger partial charge on any atom is 0.237 e. The van der Waals surface area contributed by atoms with Gasteiger partial charge in [-0.05, 0) is 29.8 Å². The summed E-state index contributed by atoms with van der Waals surface area (Å²) in [5.74, 6) is -3.82. The van der Waals surface area contributed by atoms with E-state index in [4.69, 9.17) is 9.47 Å². The van der Waals surface area contributed by atoms with Crippen molar-refractivity contribution >= 4 is 17.5 Å². The molecule has 2 heterocycles. The summed E-state index contributed by atoms with van der Waals surface area (Å²) in [6.07, 6.45) is 0. The van der Waals surface area contributed by atoms with Crippen molar-refractivity contribution in [3.63, 3.8) is 0 Å².